The smallest absolute Gasteiger partial charge is 0.264 e. The van der Waals surface area contributed by atoms with Crippen LogP contribution in [0, 0.1) is 5.92 Å². The summed E-state index contributed by atoms with van der Waals surface area (Å²) < 4.78 is 29.1. The first-order chi connectivity index (χ1) is 17.9. The third-order valence-corrected chi connectivity index (χ3v) is 7.91. The zero-order valence-electron chi connectivity index (χ0n) is 21.1. The van der Waals surface area contributed by atoms with Gasteiger partial charge in [-0.3, -0.25) is 9.10 Å². The summed E-state index contributed by atoms with van der Waals surface area (Å²) in [7, 11) is -3.95. The van der Waals surface area contributed by atoms with Crippen LogP contribution in [0.5, 0.6) is 0 Å². The van der Waals surface area contributed by atoms with Gasteiger partial charge in [-0.2, -0.15) is 0 Å². The molecule has 0 aliphatic rings. The number of rotatable bonds is 10. The number of benzene rings is 4. The Labute approximate surface area is 219 Å². The summed E-state index contributed by atoms with van der Waals surface area (Å²) in [6, 6.07) is 34.3. The first-order valence-electron chi connectivity index (χ1n) is 12.4. The number of carbonyl (C=O) groups is 1. The molecule has 4 aromatic rings. The first kappa shape index (κ1) is 26.2. The van der Waals surface area contributed by atoms with E-state index in [0.29, 0.717) is 17.2 Å². The molecule has 0 saturated carbocycles. The lowest BCUT2D eigenvalue weighted by molar-refractivity contribution is 0.0932. The Balaban J connectivity index is 1.75. The molecule has 0 spiro atoms. The van der Waals surface area contributed by atoms with Crippen molar-refractivity contribution in [3.8, 4) is 0 Å². The van der Waals surface area contributed by atoms with Gasteiger partial charge in [0, 0.05) is 0 Å². The van der Waals surface area contributed by atoms with E-state index in [9.17, 15) is 13.2 Å². The molecule has 0 saturated heterocycles. The van der Waals surface area contributed by atoms with Crippen molar-refractivity contribution in [2.75, 3.05) is 4.31 Å². The maximum atomic E-state index is 13.9. The summed E-state index contributed by atoms with van der Waals surface area (Å²) in [5.74, 6) is 0.0419. The Kier molecular flexibility index (Phi) is 8.41. The van der Waals surface area contributed by atoms with Crippen LogP contribution in [0.15, 0.2) is 120 Å². The quantitative estimate of drug-likeness (QED) is 0.260. The minimum absolute atomic E-state index is 0.0937. The van der Waals surface area contributed by atoms with E-state index in [1.54, 1.807) is 54.6 Å². The van der Waals surface area contributed by atoms with E-state index in [1.807, 2.05) is 60.7 Å². The first-order valence-corrected chi connectivity index (χ1v) is 13.9. The van der Waals surface area contributed by atoms with E-state index in [4.69, 9.17) is 0 Å². The van der Waals surface area contributed by atoms with Gasteiger partial charge in [0.15, 0.2) is 0 Å². The molecule has 0 bridgehead atoms. The van der Waals surface area contributed by atoms with Crippen molar-refractivity contribution < 1.29 is 13.2 Å². The van der Waals surface area contributed by atoms with Gasteiger partial charge in [0.2, 0.25) is 0 Å². The number of hydrogen-bond donors (Lipinski definition) is 1. The summed E-state index contributed by atoms with van der Waals surface area (Å²) in [6.07, 6.45) is 0.758. The molecule has 1 N–H and O–H groups in total. The van der Waals surface area contributed by atoms with Crippen molar-refractivity contribution in [2.45, 2.75) is 37.8 Å². The van der Waals surface area contributed by atoms with Crippen molar-refractivity contribution in [2.24, 2.45) is 5.92 Å². The van der Waals surface area contributed by atoms with Crippen molar-refractivity contribution in [3.05, 3.63) is 132 Å². The van der Waals surface area contributed by atoms with E-state index < -0.39 is 10.0 Å². The molecule has 0 aromatic heterocycles. The number of amides is 1. The number of nitrogens with one attached hydrogen (secondary N) is 1. The zero-order chi connectivity index (χ0) is 26.3. The normalized spacial score (nSPS) is 12.2. The summed E-state index contributed by atoms with van der Waals surface area (Å²) in [4.78, 5) is 13.9. The molecule has 1 atom stereocenters. The minimum Gasteiger partial charge on any atom is -0.345 e. The van der Waals surface area contributed by atoms with Gasteiger partial charge in [-0.25, -0.2) is 8.42 Å². The highest BCUT2D eigenvalue weighted by molar-refractivity contribution is 7.92. The number of nitrogens with zero attached hydrogens (tertiary/aromatic N) is 1. The fourth-order valence-electron chi connectivity index (χ4n) is 4.32. The second-order valence-corrected chi connectivity index (χ2v) is 11.3. The van der Waals surface area contributed by atoms with Crippen LogP contribution in [-0.4, -0.2) is 14.3 Å². The van der Waals surface area contributed by atoms with Gasteiger partial charge in [-0.1, -0.05) is 105 Å². The SMILES string of the molecule is CC(C)C[C@@H](NC(=O)c1ccccc1N(Cc1ccccc1)S(=O)(=O)c1ccccc1)c1ccccc1. The van der Waals surface area contributed by atoms with Gasteiger partial charge in [0.05, 0.1) is 28.7 Å². The Morgan fingerprint density at radius 3 is 1.92 bits per heavy atom. The lowest BCUT2D eigenvalue weighted by atomic mass is 9.96. The summed E-state index contributed by atoms with van der Waals surface area (Å²) >= 11 is 0. The third-order valence-electron chi connectivity index (χ3n) is 6.13. The van der Waals surface area contributed by atoms with E-state index >= 15 is 0 Å². The number of anilines is 1. The van der Waals surface area contributed by atoms with Crippen molar-refractivity contribution in [3.63, 3.8) is 0 Å². The topological polar surface area (TPSA) is 66.5 Å². The fraction of sp³-hybridized carbons (Fsp3) is 0.194. The molecule has 6 heteroatoms. The predicted molar refractivity (Wildman–Crippen MR) is 149 cm³/mol. The van der Waals surface area contributed by atoms with Crippen molar-refractivity contribution in [1.29, 1.82) is 0 Å². The van der Waals surface area contributed by atoms with Crippen LogP contribution >= 0.6 is 0 Å². The van der Waals surface area contributed by atoms with Crippen LogP contribution in [-0.2, 0) is 16.6 Å². The molecule has 4 aromatic carbocycles. The average molecular weight is 513 g/mol. The number of carbonyl (C=O) groups excluding carboxylic acids is 1. The van der Waals surface area contributed by atoms with E-state index in [2.05, 4.69) is 19.2 Å². The lowest BCUT2D eigenvalue weighted by Crippen LogP contribution is -2.35. The highest BCUT2D eigenvalue weighted by Gasteiger charge is 2.29. The van der Waals surface area contributed by atoms with Gasteiger partial charge in [-0.15, -0.1) is 0 Å². The molecule has 0 radical (unpaired) electrons. The molecule has 5 nitrogen and oxygen atoms in total. The summed E-state index contributed by atoms with van der Waals surface area (Å²) in [5, 5.41) is 3.17. The van der Waals surface area contributed by atoms with Crippen LogP contribution < -0.4 is 9.62 Å². The van der Waals surface area contributed by atoms with Crippen LogP contribution in [0.3, 0.4) is 0 Å². The van der Waals surface area contributed by atoms with E-state index in [1.165, 1.54) is 4.31 Å². The summed E-state index contributed by atoms with van der Waals surface area (Å²) in [5.41, 5.74) is 2.48. The predicted octanol–water partition coefficient (Wildman–Crippen LogP) is 6.60. The maximum Gasteiger partial charge on any atom is 0.264 e. The standard InChI is InChI=1S/C31H32N2O3S/c1-24(2)22-29(26-16-8-4-9-17-26)32-31(34)28-20-12-13-21-30(28)33(23-25-14-6-3-7-15-25)37(35,36)27-18-10-5-11-19-27/h3-21,24,29H,22-23H2,1-2H3,(H,32,34)/t29-/m1/s1. The van der Waals surface area contributed by atoms with Crippen LogP contribution in [0.4, 0.5) is 5.69 Å². The van der Waals surface area contributed by atoms with Crippen LogP contribution in [0.25, 0.3) is 0 Å². The van der Waals surface area contributed by atoms with E-state index in [0.717, 1.165) is 17.5 Å². The lowest BCUT2D eigenvalue weighted by Gasteiger charge is -2.27. The number of hydrogen-bond acceptors (Lipinski definition) is 3. The number of sulfonamides is 1. The third kappa shape index (κ3) is 6.46. The second kappa shape index (κ2) is 11.9. The molecular weight excluding hydrogens is 480 g/mol. The van der Waals surface area contributed by atoms with Gasteiger partial charge in [0.25, 0.3) is 15.9 Å². The highest BCUT2D eigenvalue weighted by atomic mass is 32.2. The van der Waals surface area contributed by atoms with Gasteiger partial charge < -0.3 is 5.32 Å². The molecule has 190 valence electrons. The monoisotopic (exact) mass is 512 g/mol. The van der Waals surface area contributed by atoms with Crippen molar-refractivity contribution >= 4 is 21.6 Å². The molecular formula is C31H32N2O3S. The summed E-state index contributed by atoms with van der Waals surface area (Å²) in [6.45, 7) is 4.32. The Morgan fingerprint density at radius 2 is 1.30 bits per heavy atom. The van der Waals surface area contributed by atoms with Gasteiger partial charge >= 0.3 is 0 Å². The van der Waals surface area contributed by atoms with E-state index in [-0.39, 0.29) is 23.4 Å². The Bertz CT molecular complexity index is 1410. The highest BCUT2D eigenvalue weighted by Crippen LogP contribution is 2.30. The zero-order valence-corrected chi connectivity index (χ0v) is 21.9. The van der Waals surface area contributed by atoms with Crippen LogP contribution in [0.2, 0.25) is 0 Å². The fourth-order valence-corrected chi connectivity index (χ4v) is 5.82. The largest absolute Gasteiger partial charge is 0.345 e. The average Bonchev–Trinajstić information content (AvgIpc) is 2.92. The van der Waals surface area contributed by atoms with Gasteiger partial charge in [0.1, 0.15) is 0 Å². The molecule has 0 fully saturated rings. The molecule has 0 aliphatic carbocycles. The Morgan fingerprint density at radius 1 is 0.757 bits per heavy atom. The maximum absolute atomic E-state index is 13.9. The van der Waals surface area contributed by atoms with Crippen molar-refractivity contribution in [1.82, 2.24) is 5.32 Å². The molecule has 0 aliphatic heterocycles. The molecule has 37 heavy (non-hydrogen) atoms. The van der Waals surface area contributed by atoms with Crippen LogP contribution in [0.1, 0.15) is 47.8 Å². The Hall–Kier alpha value is -3.90. The molecule has 0 unspecified atom stereocenters. The molecule has 4 rings (SSSR count). The second-order valence-electron chi connectivity index (χ2n) is 9.39. The van der Waals surface area contributed by atoms with Gasteiger partial charge in [-0.05, 0) is 47.7 Å². The molecule has 0 heterocycles. The number of para-hydroxylation sites is 1. The minimum atomic E-state index is -3.95. The molecule has 1 amide bonds.